The normalized spacial score (nSPS) is 36.0. The van der Waals surface area contributed by atoms with Crippen LogP contribution in [0.2, 0.25) is 0 Å². The third kappa shape index (κ3) is 1.32. The van der Waals surface area contributed by atoms with Crippen molar-refractivity contribution in [3.8, 4) is 0 Å². The van der Waals surface area contributed by atoms with Crippen molar-refractivity contribution in [2.24, 2.45) is 0 Å². The average Bonchev–Trinajstić information content (AvgIpc) is 3.10. The number of nitrogens with one attached hydrogen (secondary N) is 1. The monoisotopic (exact) mass is 278 g/mol. The van der Waals surface area contributed by atoms with E-state index in [1.165, 1.54) is 6.33 Å². The molecule has 0 aromatic carbocycles. The minimum Gasteiger partial charge on any atom is -0.393 e. The summed E-state index contributed by atoms with van der Waals surface area (Å²) in [5, 5.41) is 22.9. The Balaban J connectivity index is 1.80. The zero-order chi connectivity index (χ0) is 13.9. The van der Waals surface area contributed by atoms with E-state index in [0.29, 0.717) is 23.5 Å². The van der Waals surface area contributed by atoms with E-state index in [4.69, 9.17) is 10.5 Å². The van der Waals surface area contributed by atoms with Crippen molar-refractivity contribution in [2.45, 2.75) is 24.0 Å². The van der Waals surface area contributed by atoms with Gasteiger partial charge in [0.1, 0.15) is 23.5 Å². The molecule has 4 heterocycles. The van der Waals surface area contributed by atoms with Gasteiger partial charge in [-0.3, -0.25) is 4.57 Å². The lowest BCUT2D eigenvalue weighted by Gasteiger charge is -2.30. The quantitative estimate of drug-likeness (QED) is 0.496. The van der Waals surface area contributed by atoms with Crippen LogP contribution in [0, 0.1) is 0 Å². The first-order valence-corrected chi connectivity index (χ1v) is 6.29. The lowest BCUT2D eigenvalue weighted by atomic mass is 10.0. The van der Waals surface area contributed by atoms with Crippen LogP contribution in [0.5, 0.6) is 0 Å². The predicted molar refractivity (Wildman–Crippen MR) is 67.5 cm³/mol. The van der Waals surface area contributed by atoms with Crippen molar-refractivity contribution in [2.75, 3.05) is 18.9 Å². The molecule has 2 bridgehead atoms. The van der Waals surface area contributed by atoms with E-state index in [9.17, 15) is 10.2 Å². The summed E-state index contributed by atoms with van der Waals surface area (Å²) < 4.78 is 7.56. The van der Waals surface area contributed by atoms with Gasteiger partial charge >= 0.3 is 0 Å². The number of nitrogens with two attached hydrogens (primary N) is 1. The molecule has 2 fully saturated rings. The summed E-state index contributed by atoms with van der Waals surface area (Å²) in [6.45, 7) is 0.160. The van der Waals surface area contributed by atoms with Gasteiger partial charge in [0.25, 0.3) is 0 Å². The van der Waals surface area contributed by atoms with Gasteiger partial charge in [0.15, 0.2) is 17.7 Å². The Morgan fingerprint density at radius 3 is 3.10 bits per heavy atom. The summed E-state index contributed by atoms with van der Waals surface area (Å²) in [6, 6.07) is -0.323. The summed E-state index contributed by atoms with van der Waals surface area (Å²) >= 11 is 0. The Kier molecular flexibility index (Phi) is 2.31. The van der Waals surface area contributed by atoms with E-state index in [1.807, 2.05) is 0 Å². The second kappa shape index (κ2) is 3.85. The SMILES string of the molecule is Nc1ncnc2c1ncn2[C@@H]1O[C@@]2(CO)CN[C@H]1C2O. The van der Waals surface area contributed by atoms with Crippen molar-refractivity contribution in [1.29, 1.82) is 0 Å². The van der Waals surface area contributed by atoms with Crippen molar-refractivity contribution >= 4 is 17.0 Å². The fraction of sp³-hybridized carbons (Fsp3) is 0.545. The number of aliphatic hydroxyl groups is 2. The van der Waals surface area contributed by atoms with E-state index >= 15 is 0 Å². The van der Waals surface area contributed by atoms with Crippen LogP contribution in [0.15, 0.2) is 12.7 Å². The first kappa shape index (κ1) is 12.0. The Morgan fingerprint density at radius 2 is 2.35 bits per heavy atom. The largest absolute Gasteiger partial charge is 0.393 e. The number of nitrogens with zero attached hydrogens (tertiary/aromatic N) is 4. The lowest BCUT2D eigenvalue weighted by Crippen LogP contribution is -2.46. The number of hydrogen-bond acceptors (Lipinski definition) is 8. The Labute approximate surface area is 113 Å². The number of ether oxygens (including phenoxy) is 1. The van der Waals surface area contributed by atoms with Crippen LogP contribution in [0.4, 0.5) is 5.82 Å². The first-order valence-electron chi connectivity index (χ1n) is 6.29. The van der Waals surface area contributed by atoms with E-state index < -0.39 is 17.9 Å². The number of morpholine rings is 1. The molecule has 2 aliphatic rings. The second-order valence-corrected chi connectivity index (χ2v) is 5.17. The molecule has 2 aromatic rings. The molecule has 2 aromatic heterocycles. The summed E-state index contributed by atoms with van der Waals surface area (Å²) in [4.78, 5) is 12.2. The molecular formula is C11H14N6O3. The number of fused-ring (bicyclic) bond motifs is 3. The Bertz CT molecular complexity index is 675. The molecule has 9 heteroatoms. The number of aromatic nitrogens is 4. The van der Waals surface area contributed by atoms with Crippen LogP contribution in [-0.4, -0.2) is 60.6 Å². The minimum absolute atomic E-state index is 0.252. The summed E-state index contributed by atoms with van der Waals surface area (Å²) in [5.41, 5.74) is 5.81. The number of anilines is 1. The van der Waals surface area contributed by atoms with Gasteiger partial charge in [0.05, 0.1) is 19.0 Å². The van der Waals surface area contributed by atoms with Crippen molar-refractivity contribution in [3.05, 3.63) is 12.7 Å². The average molecular weight is 278 g/mol. The molecule has 20 heavy (non-hydrogen) atoms. The van der Waals surface area contributed by atoms with Gasteiger partial charge in [-0.05, 0) is 0 Å². The van der Waals surface area contributed by atoms with Gasteiger partial charge < -0.3 is 26.0 Å². The molecule has 1 unspecified atom stereocenters. The molecule has 106 valence electrons. The van der Waals surface area contributed by atoms with Crippen LogP contribution >= 0.6 is 0 Å². The third-order valence-corrected chi connectivity index (χ3v) is 4.11. The number of aliphatic hydroxyl groups excluding tert-OH is 2. The van der Waals surface area contributed by atoms with E-state index in [2.05, 4.69) is 20.3 Å². The number of hydrogen-bond donors (Lipinski definition) is 4. The maximum absolute atomic E-state index is 10.2. The standard InChI is InChI=1S/C11H14N6O3/c12-8-6-9(15-3-14-8)17(4-16-6)10-5-7(19)11(2-18,20-10)1-13-5/h3-5,7,10,13,18-19H,1-2H2,(H2,12,14,15)/t5-,7?,10+,11+/m0/s1. The van der Waals surface area contributed by atoms with Crippen LogP contribution in [0.1, 0.15) is 6.23 Å². The van der Waals surface area contributed by atoms with Crippen LogP contribution < -0.4 is 11.1 Å². The van der Waals surface area contributed by atoms with Crippen LogP contribution in [-0.2, 0) is 4.74 Å². The fourth-order valence-corrected chi connectivity index (χ4v) is 2.99. The van der Waals surface area contributed by atoms with Gasteiger partial charge in [-0.25, -0.2) is 15.0 Å². The molecule has 5 N–H and O–H groups in total. The number of nitrogen functional groups attached to an aromatic ring is 1. The number of imidazole rings is 1. The molecule has 0 aliphatic carbocycles. The van der Waals surface area contributed by atoms with Gasteiger partial charge in [-0.2, -0.15) is 0 Å². The minimum atomic E-state index is -0.968. The molecule has 9 nitrogen and oxygen atoms in total. The van der Waals surface area contributed by atoms with Gasteiger partial charge in [-0.1, -0.05) is 0 Å². The lowest BCUT2D eigenvalue weighted by molar-refractivity contribution is -0.130. The molecule has 0 spiro atoms. The fourth-order valence-electron chi connectivity index (χ4n) is 2.99. The summed E-state index contributed by atoms with van der Waals surface area (Å²) in [5.74, 6) is 0.294. The highest BCUT2D eigenvalue weighted by Gasteiger charge is 2.60. The highest BCUT2D eigenvalue weighted by Crippen LogP contribution is 2.42. The third-order valence-electron chi connectivity index (χ3n) is 4.11. The Morgan fingerprint density at radius 1 is 1.50 bits per heavy atom. The Hall–Kier alpha value is -1.81. The highest BCUT2D eigenvalue weighted by atomic mass is 16.6. The molecule has 4 atom stereocenters. The molecular weight excluding hydrogens is 264 g/mol. The summed E-state index contributed by atoms with van der Waals surface area (Å²) in [7, 11) is 0. The smallest absolute Gasteiger partial charge is 0.167 e. The zero-order valence-corrected chi connectivity index (χ0v) is 10.5. The zero-order valence-electron chi connectivity index (χ0n) is 10.5. The molecule has 0 saturated carbocycles. The maximum Gasteiger partial charge on any atom is 0.167 e. The highest BCUT2D eigenvalue weighted by molar-refractivity contribution is 5.81. The maximum atomic E-state index is 10.2. The van der Waals surface area contributed by atoms with Gasteiger partial charge in [0.2, 0.25) is 0 Å². The molecule has 2 saturated heterocycles. The van der Waals surface area contributed by atoms with Crippen molar-refractivity contribution < 1.29 is 14.9 Å². The summed E-state index contributed by atoms with van der Waals surface area (Å²) in [6.07, 6.45) is 1.63. The first-order chi connectivity index (χ1) is 9.66. The topological polar surface area (TPSA) is 131 Å². The van der Waals surface area contributed by atoms with Crippen LogP contribution in [0.25, 0.3) is 11.2 Å². The molecule has 0 radical (unpaired) electrons. The molecule has 2 aliphatic heterocycles. The van der Waals surface area contributed by atoms with Gasteiger partial charge in [0, 0.05) is 6.54 Å². The van der Waals surface area contributed by atoms with Crippen LogP contribution in [0.3, 0.4) is 0 Å². The van der Waals surface area contributed by atoms with E-state index in [-0.39, 0.29) is 12.6 Å². The second-order valence-electron chi connectivity index (χ2n) is 5.17. The van der Waals surface area contributed by atoms with Crippen molar-refractivity contribution in [3.63, 3.8) is 0 Å². The molecule has 4 rings (SSSR count). The van der Waals surface area contributed by atoms with E-state index in [0.717, 1.165) is 0 Å². The predicted octanol–water partition coefficient (Wildman–Crippen LogP) is -2.00. The molecule has 0 amide bonds. The van der Waals surface area contributed by atoms with Gasteiger partial charge in [-0.15, -0.1) is 0 Å². The van der Waals surface area contributed by atoms with E-state index in [1.54, 1.807) is 10.9 Å². The number of rotatable bonds is 2. The van der Waals surface area contributed by atoms with Crippen molar-refractivity contribution in [1.82, 2.24) is 24.8 Å².